The summed E-state index contributed by atoms with van der Waals surface area (Å²) < 4.78 is 10.2. The van der Waals surface area contributed by atoms with Crippen LogP contribution in [0.5, 0.6) is 11.5 Å². The zero-order chi connectivity index (χ0) is 8.97. The van der Waals surface area contributed by atoms with Gasteiger partial charge in [0, 0.05) is 11.4 Å². The standard InChI is InChI=1S/C9H11BrO2.Mg.2H/c1-11-8-3-7(6-10)4-9(5-8)12-2;;;/h3-5H,6H2,1-2H3;;;/q;+2;2*-1. The smallest absolute Gasteiger partial charge is 1.00 e. The van der Waals surface area contributed by atoms with Crippen LogP contribution in [0.25, 0.3) is 0 Å². The molecule has 0 N–H and O–H groups in total. The number of alkyl halides is 1. The second-order valence-corrected chi connectivity index (χ2v) is 2.92. The normalized spacial score (nSPS) is 8.85. The van der Waals surface area contributed by atoms with Crippen molar-refractivity contribution in [3.8, 4) is 11.5 Å². The van der Waals surface area contributed by atoms with Crippen molar-refractivity contribution >= 4 is 39.0 Å². The van der Waals surface area contributed by atoms with Gasteiger partial charge in [0.25, 0.3) is 0 Å². The van der Waals surface area contributed by atoms with Gasteiger partial charge in [0.05, 0.1) is 14.2 Å². The van der Waals surface area contributed by atoms with Gasteiger partial charge in [-0.1, -0.05) is 15.9 Å². The molecule has 1 rings (SSSR count). The van der Waals surface area contributed by atoms with E-state index >= 15 is 0 Å². The third-order valence-corrected chi connectivity index (χ3v) is 2.21. The summed E-state index contributed by atoms with van der Waals surface area (Å²) in [6.07, 6.45) is 0. The predicted octanol–water partition coefficient (Wildman–Crippen LogP) is 2.44. The van der Waals surface area contributed by atoms with Crippen LogP contribution in [0.1, 0.15) is 8.42 Å². The maximum Gasteiger partial charge on any atom is 2.00 e. The Kier molecular flexibility index (Phi) is 6.54. The molecule has 1 aromatic rings. The first-order valence-electron chi connectivity index (χ1n) is 3.58. The Bertz CT molecular complexity index is 219. The van der Waals surface area contributed by atoms with Crippen molar-refractivity contribution in [3.05, 3.63) is 23.8 Å². The molecular formula is C9H13BrMgO2. The van der Waals surface area contributed by atoms with Gasteiger partial charge < -0.3 is 12.3 Å². The Hall–Kier alpha value is 0.0662. The van der Waals surface area contributed by atoms with Crippen LogP contribution < -0.4 is 9.47 Å². The van der Waals surface area contributed by atoms with Crippen LogP contribution in [0.4, 0.5) is 0 Å². The molecule has 1 aromatic carbocycles. The molecular weight excluding hydrogens is 244 g/mol. The van der Waals surface area contributed by atoms with Crippen LogP contribution in [0, 0.1) is 0 Å². The summed E-state index contributed by atoms with van der Waals surface area (Å²) in [5.41, 5.74) is 1.14. The SMILES string of the molecule is COc1cc(CBr)cc(OC)c1.[H-].[H-].[Mg+2]. The van der Waals surface area contributed by atoms with Gasteiger partial charge in [-0.3, -0.25) is 0 Å². The summed E-state index contributed by atoms with van der Waals surface area (Å²) in [5.74, 6) is 1.65. The number of hydrogen-bond acceptors (Lipinski definition) is 2. The molecule has 2 nitrogen and oxygen atoms in total. The van der Waals surface area contributed by atoms with Crippen molar-refractivity contribution in [3.63, 3.8) is 0 Å². The number of halogens is 1. The van der Waals surface area contributed by atoms with Crippen molar-refractivity contribution < 1.29 is 12.3 Å². The third-order valence-electron chi connectivity index (χ3n) is 1.57. The van der Waals surface area contributed by atoms with Crippen LogP contribution in [0.2, 0.25) is 0 Å². The average Bonchev–Trinajstić information content (AvgIpc) is 2.16. The fourth-order valence-corrected chi connectivity index (χ4v) is 1.27. The summed E-state index contributed by atoms with van der Waals surface area (Å²) in [7, 11) is 3.29. The van der Waals surface area contributed by atoms with Crippen molar-refractivity contribution in [1.29, 1.82) is 0 Å². The Morgan fingerprint density at radius 3 is 1.92 bits per heavy atom. The largest absolute Gasteiger partial charge is 2.00 e. The average molecular weight is 257 g/mol. The van der Waals surface area contributed by atoms with E-state index in [4.69, 9.17) is 9.47 Å². The molecule has 0 saturated carbocycles. The monoisotopic (exact) mass is 256 g/mol. The van der Waals surface area contributed by atoms with E-state index in [0.29, 0.717) is 0 Å². The summed E-state index contributed by atoms with van der Waals surface area (Å²) in [5, 5.41) is 0.806. The number of ether oxygens (including phenoxy) is 2. The third kappa shape index (κ3) is 3.75. The van der Waals surface area contributed by atoms with Gasteiger partial charge in [0.1, 0.15) is 11.5 Å². The Morgan fingerprint density at radius 1 is 1.15 bits per heavy atom. The van der Waals surface area contributed by atoms with Crippen LogP contribution >= 0.6 is 15.9 Å². The zero-order valence-electron chi connectivity index (χ0n) is 9.84. The molecule has 0 saturated heterocycles. The molecule has 70 valence electrons. The topological polar surface area (TPSA) is 18.5 Å². The van der Waals surface area contributed by atoms with Gasteiger partial charge in [-0.2, -0.15) is 0 Å². The molecule has 0 heterocycles. The van der Waals surface area contributed by atoms with Crippen molar-refractivity contribution in [1.82, 2.24) is 0 Å². The van der Waals surface area contributed by atoms with Gasteiger partial charge in [-0.25, -0.2) is 0 Å². The zero-order valence-corrected chi connectivity index (χ0v) is 10.8. The summed E-state index contributed by atoms with van der Waals surface area (Å²) in [6, 6.07) is 5.79. The summed E-state index contributed by atoms with van der Waals surface area (Å²) in [4.78, 5) is 0. The summed E-state index contributed by atoms with van der Waals surface area (Å²) in [6.45, 7) is 0. The van der Waals surface area contributed by atoms with Gasteiger partial charge in [0.15, 0.2) is 0 Å². The van der Waals surface area contributed by atoms with E-state index in [9.17, 15) is 0 Å². The van der Waals surface area contributed by atoms with Crippen LogP contribution in [-0.2, 0) is 5.33 Å². The molecule has 0 amide bonds. The van der Waals surface area contributed by atoms with E-state index in [1.165, 1.54) is 0 Å². The van der Waals surface area contributed by atoms with Gasteiger partial charge in [-0.15, -0.1) is 0 Å². The van der Waals surface area contributed by atoms with Crippen LogP contribution in [0.15, 0.2) is 18.2 Å². The minimum Gasteiger partial charge on any atom is -1.00 e. The number of rotatable bonds is 3. The molecule has 0 bridgehead atoms. The Balaban J connectivity index is -0.000000480. The van der Waals surface area contributed by atoms with Gasteiger partial charge in [-0.05, 0) is 17.7 Å². The first-order valence-corrected chi connectivity index (χ1v) is 4.70. The molecule has 0 aliphatic rings. The van der Waals surface area contributed by atoms with Crippen molar-refractivity contribution in [2.24, 2.45) is 0 Å². The quantitative estimate of drug-likeness (QED) is 0.612. The molecule has 0 aliphatic carbocycles. The molecule has 13 heavy (non-hydrogen) atoms. The second kappa shape index (κ2) is 6.51. The molecule has 0 atom stereocenters. The van der Waals surface area contributed by atoms with E-state index < -0.39 is 0 Å². The van der Waals surface area contributed by atoms with E-state index in [-0.39, 0.29) is 25.9 Å². The van der Waals surface area contributed by atoms with E-state index in [2.05, 4.69) is 15.9 Å². The maximum atomic E-state index is 5.10. The molecule has 0 radical (unpaired) electrons. The van der Waals surface area contributed by atoms with Crippen LogP contribution in [-0.4, -0.2) is 37.3 Å². The predicted molar refractivity (Wildman–Crippen MR) is 60.2 cm³/mol. The minimum absolute atomic E-state index is 0. The molecule has 4 heteroatoms. The number of methoxy groups -OCH3 is 2. The molecule has 0 aromatic heterocycles. The van der Waals surface area contributed by atoms with Gasteiger partial charge in [0.2, 0.25) is 0 Å². The minimum atomic E-state index is 0. The fourth-order valence-electron chi connectivity index (χ4n) is 0.944. The number of benzene rings is 1. The van der Waals surface area contributed by atoms with Crippen LogP contribution in [0.3, 0.4) is 0 Å². The van der Waals surface area contributed by atoms with E-state index in [1.54, 1.807) is 14.2 Å². The first kappa shape index (κ1) is 13.1. The van der Waals surface area contributed by atoms with Gasteiger partial charge >= 0.3 is 23.1 Å². The Labute approximate surface area is 106 Å². The maximum absolute atomic E-state index is 5.10. The first-order chi connectivity index (χ1) is 5.80. The fraction of sp³-hybridized carbons (Fsp3) is 0.333. The molecule has 0 fully saturated rings. The van der Waals surface area contributed by atoms with Crippen molar-refractivity contribution in [2.45, 2.75) is 5.33 Å². The van der Waals surface area contributed by atoms with E-state index in [1.807, 2.05) is 18.2 Å². The molecule has 0 unspecified atom stereocenters. The summed E-state index contributed by atoms with van der Waals surface area (Å²) >= 11 is 3.37. The van der Waals surface area contributed by atoms with E-state index in [0.717, 1.165) is 22.4 Å². The number of hydrogen-bond donors (Lipinski definition) is 0. The molecule has 0 spiro atoms. The van der Waals surface area contributed by atoms with Crippen molar-refractivity contribution in [2.75, 3.05) is 14.2 Å². The molecule has 0 aliphatic heterocycles. The Morgan fingerprint density at radius 2 is 1.62 bits per heavy atom. The second-order valence-electron chi connectivity index (χ2n) is 2.35.